The zero-order chi connectivity index (χ0) is 24.1. The first-order chi connectivity index (χ1) is 16.5. The molecule has 0 radical (unpaired) electrons. The highest BCUT2D eigenvalue weighted by atomic mass is 35.5. The number of amides is 1. The van der Waals surface area contributed by atoms with E-state index in [1.54, 1.807) is 40.2 Å². The molecule has 0 spiro atoms. The summed E-state index contributed by atoms with van der Waals surface area (Å²) in [5, 5.41) is 14.5. The highest BCUT2D eigenvalue weighted by molar-refractivity contribution is 6.30. The maximum Gasteiger partial charge on any atom is 0.272 e. The smallest absolute Gasteiger partial charge is 0.272 e. The molecular formula is C27H24ClN5O. The monoisotopic (exact) mass is 469 g/mol. The lowest BCUT2D eigenvalue weighted by molar-refractivity contribution is 0.0737. The molecule has 0 saturated carbocycles. The van der Waals surface area contributed by atoms with Gasteiger partial charge in [0, 0.05) is 36.1 Å². The minimum Gasteiger partial charge on any atom is -0.332 e. The summed E-state index contributed by atoms with van der Waals surface area (Å²) < 4.78 is 1.63. The fourth-order valence-electron chi connectivity index (χ4n) is 3.69. The third kappa shape index (κ3) is 5.16. The number of carbonyl (C=O) groups excluding carboxylic acids is 1. The summed E-state index contributed by atoms with van der Waals surface area (Å²) >= 11 is 6.25. The van der Waals surface area contributed by atoms with Crippen molar-refractivity contribution in [3.05, 3.63) is 100 Å². The van der Waals surface area contributed by atoms with Crippen LogP contribution in [0.3, 0.4) is 0 Å². The third-order valence-corrected chi connectivity index (χ3v) is 5.90. The van der Waals surface area contributed by atoms with Gasteiger partial charge in [0.15, 0.2) is 0 Å². The van der Waals surface area contributed by atoms with Crippen molar-refractivity contribution in [3.63, 3.8) is 0 Å². The van der Waals surface area contributed by atoms with Crippen molar-refractivity contribution in [2.45, 2.75) is 26.8 Å². The molecule has 0 aliphatic carbocycles. The third-order valence-electron chi connectivity index (χ3n) is 5.66. The molecule has 0 aliphatic rings. The van der Waals surface area contributed by atoms with E-state index >= 15 is 0 Å². The number of nitriles is 1. The second-order valence-electron chi connectivity index (χ2n) is 8.10. The highest BCUT2D eigenvalue weighted by Gasteiger charge is 2.23. The molecule has 2 aromatic carbocycles. The fraction of sp³-hybridized carbons (Fsp3) is 0.185. The molecular weight excluding hydrogens is 446 g/mol. The van der Waals surface area contributed by atoms with Crippen LogP contribution in [-0.4, -0.2) is 32.1 Å². The summed E-state index contributed by atoms with van der Waals surface area (Å²) in [7, 11) is 0. The predicted molar refractivity (Wildman–Crippen MR) is 133 cm³/mol. The Bertz CT molecular complexity index is 1360. The van der Waals surface area contributed by atoms with Crippen LogP contribution < -0.4 is 0 Å². The first-order valence-electron chi connectivity index (χ1n) is 10.9. The van der Waals surface area contributed by atoms with Crippen molar-refractivity contribution in [3.8, 4) is 23.0 Å². The number of rotatable bonds is 7. The molecule has 7 heteroatoms. The van der Waals surface area contributed by atoms with Gasteiger partial charge in [-0.05, 0) is 66.9 Å². The van der Waals surface area contributed by atoms with Gasteiger partial charge in [-0.1, -0.05) is 35.9 Å². The summed E-state index contributed by atoms with van der Waals surface area (Å²) in [6.07, 6.45) is 3.64. The van der Waals surface area contributed by atoms with Crippen LogP contribution in [0.25, 0.3) is 16.9 Å². The van der Waals surface area contributed by atoms with Gasteiger partial charge in [0.2, 0.25) is 0 Å². The molecule has 34 heavy (non-hydrogen) atoms. The molecule has 0 bridgehead atoms. The van der Waals surface area contributed by atoms with E-state index < -0.39 is 0 Å². The van der Waals surface area contributed by atoms with Gasteiger partial charge in [-0.2, -0.15) is 10.4 Å². The first kappa shape index (κ1) is 23.2. The largest absolute Gasteiger partial charge is 0.332 e. The van der Waals surface area contributed by atoms with E-state index in [1.165, 1.54) is 5.56 Å². The number of pyridine rings is 1. The molecule has 1 amide bonds. The molecule has 4 aromatic rings. The number of halogens is 1. The van der Waals surface area contributed by atoms with Gasteiger partial charge in [-0.15, -0.1) is 0 Å². The summed E-state index contributed by atoms with van der Waals surface area (Å²) in [5.74, 6) is -0.221. The molecule has 2 heterocycles. The topological polar surface area (TPSA) is 74.8 Å². The van der Waals surface area contributed by atoms with E-state index in [9.17, 15) is 4.79 Å². The lowest BCUT2D eigenvalue weighted by Gasteiger charge is -2.22. The van der Waals surface area contributed by atoms with Crippen LogP contribution in [0.1, 0.15) is 33.6 Å². The fourth-order valence-corrected chi connectivity index (χ4v) is 3.88. The minimum absolute atomic E-state index is 0.221. The average Bonchev–Trinajstić information content (AvgIpc) is 3.29. The zero-order valence-electron chi connectivity index (χ0n) is 19.1. The number of hydrogen-bond donors (Lipinski definition) is 0. The average molecular weight is 470 g/mol. The van der Waals surface area contributed by atoms with Crippen molar-refractivity contribution in [2.24, 2.45) is 0 Å². The quantitative estimate of drug-likeness (QED) is 0.345. The van der Waals surface area contributed by atoms with Crippen LogP contribution in [0, 0.1) is 25.2 Å². The van der Waals surface area contributed by atoms with Crippen molar-refractivity contribution >= 4 is 17.5 Å². The maximum atomic E-state index is 13.8. The van der Waals surface area contributed by atoms with Crippen molar-refractivity contribution in [1.82, 2.24) is 19.7 Å². The minimum atomic E-state index is -0.221. The molecule has 0 N–H and O–H groups in total. The van der Waals surface area contributed by atoms with Crippen molar-refractivity contribution in [1.29, 1.82) is 5.26 Å². The van der Waals surface area contributed by atoms with Crippen molar-refractivity contribution in [2.75, 3.05) is 6.54 Å². The molecule has 0 unspecified atom stereocenters. The van der Waals surface area contributed by atoms with E-state index in [-0.39, 0.29) is 12.3 Å². The molecule has 0 atom stereocenters. The predicted octanol–water partition coefficient (Wildman–Crippen LogP) is 5.76. The second kappa shape index (κ2) is 10.3. The Morgan fingerprint density at radius 3 is 2.65 bits per heavy atom. The highest BCUT2D eigenvalue weighted by Crippen LogP contribution is 2.26. The molecule has 0 saturated heterocycles. The van der Waals surface area contributed by atoms with Gasteiger partial charge >= 0.3 is 0 Å². The molecule has 6 nitrogen and oxygen atoms in total. The molecule has 0 aliphatic heterocycles. The lowest BCUT2D eigenvalue weighted by atomic mass is 10.0. The Morgan fingerprint density at radius 2 is 1.94 bits per heavy atom. The van der Waals surface area contributed by atoms with Crippen LogP contribution in [0.5, 0.6) is 0 Å². The molecule has 2 aromatic heterocycles. The number of aromatic nitrogens is 3. The summed E-state index contributed by atoms with van der Waals surface area (Å²) in [6, 6.07) is 21.0. The Labute approximate surface area is 204 Å². The Balaban J connectivity index is 1.80. The van der Waals surface area contributed by atoms with Gasteiger partial charge in [0.1, 0.15) is 5.69 Å². The van der Waals surface area contributed by atoms with E-state index in [0.29, 0.717) is 35.2 Å². The van der Waals surface area contributed by atoms with Gasteiger partial charge in [0.05, 0.1) is 23.9 Å². The standard InChI is InChI=1S/C27H24ClN5O/c1-19-9-10-22(14-20(19)2)25-16-26(33(31-25)24-8-3-7-23(28)15-24)27(34)32(13-5-11-29)18-21-6-4-12-30-17-21/h3-4,6-10,12,14-17H,5,13,18H2,1-2H3. The zero-order valence-corrected chi connectivity index (χ0v) is 19.8. The lowest BCUT2D eigenvalue weighted by Crippen LogP contribution is -2.33. The Kier molecular flexibility index (Phi) is 7.05. The number of carbonyl (C=O) groups is 1. The number of aryl methyl sites for hydroxylation is 2. The van der Waals surface area contributed by atoms with Crippen LogP contribution in [0.15, 0.2) is 73.1 Å². The first-order valence-corrected chi connectivity index (χ1v) is 11.3. The summed E-state index contributed by atoms with van der Waals surface area (Å²) in [5.41, 5.74) is 5.92. The Morgan fingerprint density at radius 1 is 1.09 bits per heavy atom. The second-order valence-corrected chi connectivity index (χ2v) is 8.54. The van der Waals surface area contributed by atoms with Crippen LogP contribution in [-0.2, 0) is 6.54 Å². The Hall–Kier alpha value is -3.95. The SMILES string of the molecule is Cc1ccc(-c2cc(C(=O)N(CCC#N)Cc3cccnc3)n(-c3cccc(Cl)c3)n2)cc1C. The van der Waals surface area contributed by atoms with Gasteiger partial charge < -0.3 is 4.90 Å². The normalized spacial score (nSPS) is 10.6. The summed E-state index contributed by atoms with van der Waals surface area (Å²) in [6.45, 7) is 4.75. The van der Waals surface area contributed by atoms with Gasteiger partial charge in [0.25, 0.3) is 5.91 Å². The number of hydrogen-bond acceptors (Lipinski definition) is 4. The van der Waals surface area contributed by atoms with Gasteiger partial charge in [-0.3, -0.25) is 9.78 Å². The van der Waals surface area contributed by atoms with Crippen LogP contribution in [0.2, 0.25) is 5.02 Å². The molecule has 170 valence electrons. The van der Waals surface area contributed by atoms with E-state index in [0.717, 1.165) is 16.7 Å². The van der Waals surface area contributed by atoms with E-state index in [1.807, 2.05) is 36.4 Å². The van der Waals surface area contributed by atoms with E-state index in [4.69, 9.17) is 22.0 Å². The number of benzene rings is 2. The van der Waals surface area contributed by atoms with Crippen LogP contribution >= 0.6 is 11.6 Å². The molecule has 4 rings (SSSR count). The number of nitrogens with zero attached hydrogens (tertiary/aromatic N) is 5. The van der Waals surface area contributed by atoms with Crippen LogP contribution in [0.4, 0.5) is 0 Å². The van der Waals surface area contributed by atoms with Gasteiger partial charge in [-0.25, -0.2) is 4.68 Å². The van der Waals surface area contributed by atoms with E-state index in [2.05, 4.69) is 31.0 Å². The van der Waals surface area contributed by atoms with Crippen molar-refractivity contribution < 1.29 is 4.79 Å². The molecule has 0 fully saturated rings. The summed E-state index contributed by atoms with van der Waals surface area (Å²) in [4.78, 5) is 19.6. The maximum absolute atomic E-state index is 13.8.